The Morgan fingerprint density at radius 3 is 2.47 bits per heavy atom. The highest BCUT2D eigenvalue weighted by atomic mass is 16.5. The molecule has 1 aromatic rings. The number of amides is 1. The lowest BCUT2D eigenvalue weighted by molar-refractivity contribution is -0.138. The summed E-state index contributed by atoms with van der Waals surface area (Å²) in [6.45, 7) is 4.61. The Bertz CT molecular complexity index is 377. The van der Waals surface area contributed by atoms with Crippen molar-refractivity contribution in [1.82, 2.24) is 10.5 Å². The second-order valence-corrected chi connectivity index (χ2v) is 3.23. The molecule has 0 spiro atoms. The molecule has 2 N–H and O–H groups in total. The molecule has 0 aromatic carbocycles. The number of nitrogens with one attached hydrogen (secondary N) is 1. The van der Waals surface area contributed by atoms with Crippen LogP contribution in [0.4, 0.5) is 0 Å². The number of aliphatic carboxylic acids is 1. The Balaban J connectivity index is 2.82. The van der Waals surface area contributed by atoms with Crippen LogP contribution in [0.1, 0.15) is 28.7 Å². The van der Waals surface area contributed by atoms with E-state index < -0.39 is 17.9 Å². The standard InChI is InChI=1S/C9H12N2O4/c1-4-7(6(3)15-11-4)8(12)10-5(2)9(13)14/h5H,1-3H3,(H,10,12)(H,13,14). The lowest BCUT2D eigenvalue weighted by Crippen LogP contribution is -2.38. The molecule has 1 amide bonds. The largest absolute Gasteiger partial charge is 0.480 e. The van der Waals surface area contributed by atoms with Gasteiger partial charge in [0.15, 0.2) is 0 Å². The van der Waals surface area contributed by atoms with Crippen LogP contribution in [-0.2, 0) is 4.79 Å². The first-order valence-corrected chi connectivity index (χ1v) is 4.40. The maximum Gasteiger partial charge on any atom is 0.325 e. The predicted octanol–water partition coefficient (Wildman–Crippen LogP) is 0.494. The third-order valence-corrected chi connectivity index (χ3v) is 1.98. The maximum atomic E-state index is 11.6. The van der Waals surface area contributed by atoms with Crippen LogP contribution < -0.4 is 5.32 Å². The highest BCUT2D eigenvalue weighted by Crippen LogP contribution is 2.11. The van der Waals surface area contributed by atoms with Gasteiger partial charge in [0.2, 0.25) is 0 Å². The van der Waals surface area contributed by atoms with Crippen LogP contribution in [0.5, 0.6) is 0 Å². The second kappa shape index (κ2) is 4.12. The van der Waals surface area contributed by atoms with Gasteiger partial charge in [0.05, 0.1) is 5.69 Å². The van der Waals surface area contributed by atoms with Gasteiger partial charge >= 0.3 is 5.97 Å². The number of hydrogen-bond donors (Lipinski definition) is 2. The fraction of sp³-hybridized carbons (Fsp3) is 0.444. The van der Waals surface area contributed by atoms with Crippen molar-refractivity contribution in [2.75, 3.05) is 0 Å². The molecule has 1 unspecified atom stereocenters. The minimum Gasteiger partial charge on any atom is -0.480 e. The van der Waals surface area contributed by atoms with Gasteiger partial charge in [-0.3, -0.25) is 9.59 Å². The number of carboxylic acids is 1. The monoisotopic (exact) mass is 212 g/mol. The summed E-state index contributed by atoms with van der Waals surface area (Å²) in [4.78, 5) is 22.1. The SMILES string of the molecule is Cc1noc(C)c1C(=O)NC(C)C(=O)O. The van der Waals surface area contributed by atoms with Gasteiger partial charge in [-0.25, -0.2) is 0 Å². The Kier molecular flexibility index (Phi) is 3.08. The van der Waals surface area contributed by atoms with E-state index in [0.717, 1.165) is 0 Å². The molecular formula is C9H12N2O4. The number of rotatable bonds is 3. The molecule has 0 aliphatic heterocycles. The summed E-state index contributed by atoms with van der Waals surface area (Å²) < 4.78 is 4.80. The van der Waals surface area contributed by atoms with Crippen LogP contribution >= 0.6 is 0 Å². The van der Waals surface area contributed by atoms with Crippen LogP contribution in [0.15, 0.2) is 4.52 Å². The molecule has 82 valence electrons. The number of carboxylic acid groups (broad SMARTS) is 1. The van der Waals surface area contributed by atoms with E-state index in [4.69, 9.17) is 9.63 Å². The van der Waals surface area contributed by atoms with E-state index in [0.29, 0.717) is 17.0 Å². The number of hydrogen-bond acceptors (Lipinski definition) is 4. The van der Waals surface area contributed by atoms with Crippen molar-refractivity contribution < 1.29 is 19.2 Å². The van der Waals surface area contributed by atoms with Gasteiger partial charge in [0, 0.05) is 0 Å². The fourth-order valence-corrected chi connectivity index (χ4v) is 1.14. The lowest BCUT2D eigenvalue weighted by Gasteiger charge is -2.08. The molecule has 0 bridgehead atoms. The zero-order chi connectivity index (χ0) is 11.6. The molecule has 1 heterocycles. The molecule has 1 rings (SSSR count). The Labute approximate surface area is 86.3 Å². The van der Waals surface area contributed by atoms with Crippen molar-refractivity contribution in [3.05, 3.63) is 17.0 Å². The van der Waals surface area contributed by atoms with Crippen molar-refractivity contribution in [2.24, 2.45) is 0 Å². The van der Waals surface area contributed by atoms with Crippen molar-refractivity contribution in [3.63, 3.8) is 0 Å². The van der Waals surface area contributed by atoms with E-state index in [-0.39, 0.29) is 0 Å². The highest BCUT2D eigenvalue weighted by Gasteiger charge is 2.21. The first-order chi connectivity index (χ1) is 6.93. The number of nitrogens with zero attached hydrogens (tertiary/aromatic N) is 1. The van der Waals surface area contributed by atoms with Crippen LogP contribution in [0.3, 0.4) is 0 Å². The predicted molar refractivity (Wildman–Crippen MR) is 50.5 cm³/mol. The molecular weight excluding hydrogens is 200 g/mol. The molecule has 0 aliphatic carbocycles. The molecule has 6 heteroatoms. The van der Waals surface area contributed by atoms with E-state index >= 15 is 0 Å². The van der Waals surface area contributed by atoms with Crippen molar-refractivity contribution in [2.45, 2.75) is 26.8 Å². The molecule has 0 saturated carbocycles. The summed E-state index contributed by atoms with van der Waals surface area (Å²) in [6.07, 6.45) is 0. The molecule has 15 heavy (non-hydrogen) atoms. The highest BCUT2D eigenvalue weighted by molar-refractivity contribution is 5.98. The Morgan fingerprint density at radius 1 is 1.47 bits per heavy atom. The number of carbonyl (C=O) groups excluding carboxylic acids is 1. The van der Waals surface area contributed by atoms with Crippen LogP contribution in [0.25, 0.3) is 0 Å². The zero-order valence-corrected chi connectivity index (χ0v) is 8.70. The molecule has 0 aliphatic rings. The Hall–Kier alpha value is -1.85. The summed E-state index contributed by atoms with van der Waals surface area (Å²) in [6, 6.07) is -0.939. The van der Waals surface area contributed by atoms with E-state index in [9.17, 15) is 9.59 Å². The number of aryl methyl sites for hydroxylation is 2. The van der Waals surface area contributed by atoms with E-state index in [1.54, 1.807) is 13.8 Å². The van der Waals surface area contributed by atoms with Gasteiger partial charge in [-0.2, -0.15) is 0 Å². The smallest absolute Gasteiger partial charge is 0.325 e. The van der Waals surface area contributed by atoms with Gasteiger partial charge in [0.25, 0.3) is 5.91 Å². The van der Waals surface area contributed by atoms with Gasteiger partial charge in [-0.05, 0) is 20.8 Å². The van der Waals surface area contributed by atoms with Gasteiger partial charge in [-0.15, -0.1) is 0 Å². The number of carbonyl (C=O) groups is 2. The third-order valence-electron chi connectivity index (χ3n) is 1.98. The van der Waals surface area contributed by atoms with Gasteiger partial charge in [0.1, 0.15) is 17.4 Å². The van der Waals surface area contributed by atoms with Crippen molar-refractivity contribution in [3.8, 4) is 0 Å². The summed E-state index contributed by atoms with van der Waals surface area (Å²) in [5.74, 6) is -1.20. The first kappa shape index (κ1) is 11.2. The van der Waals surface area contributed by atoms with Crippen molar-refractivity contribution >= 4 is 11.9 Å². The summed E-state index contributed by atoms with van der Waals surface area (Å²) in [7, 11) is 0. The molecule has 0 saturated heterocycles. The molecule has 0 fully saturated rings. The average Bonchev–Trinajstić information content (AvgIpc) is 2.45. The average molecular weight is 212 g/mol. The quantitative estimate of drug-likeness (QED) is 0.760. The van der Waals surface area contributed by atoms with Crippen LogP contribution in [0, 0.1) is 13.8 Å². The molecule has 6 nitrogen and oxygen atoms in total. The summed E-state index contributed by atoms with van der Waals surface area (Å²) >= 11 is 0. The minimum absolute atomic E-state index is 0.295. The van der Waals surface area contributed by atoms with E-state index in [1.165, 1.54) is 6.92 Å². The number of aromatic nitrogens is 1. The van der Waals surface area contributed by atoms with Gasteiger partial charge < -0.3 is 14.9 Å². The summed E-state index contributed by atoms with van der Waals surface area (Å²) in [5, 5.41) is 14.5. The second-order valence-electron chi connectivity index (χ2n) is 3.23. The third kappa shape index (κ3) is 2.34. The van der Waals surface area contributed by atoms with Crippen LogP contribution in [-0.4, -0.2) is 28.2 Å². The molecule has 0 radical (unpaired) electrons. The topological polar surface area (TPSA) is 92.4 Å². The maximum absolute atomic E-state index is 11.6. The fourth-order valence-electron chi connectivity index (χ4n) is 1.14. The van der Waals surface area contributed by atoms with Crippen LogP contribution in [0.2, 0.25) is 0 Å². The molecule has 1 aromatic heterocycles. The lowest BCUT2D eigenvalue weighted by atomic mass is 10.2. The van der Waals surface area contributed by atoms with Gasteiger partial charge in [-0.1, -0.05) is 5.16 Å². The van der Waals surface area contributed by atoms with E-state index in [1.807, 2.05) is 0 Å². The normalized spacial score (nSPS) is 12.2. The minimum atomic E-state index is -1.09. The zero-order valence-electron chi connectivity index (χ0n) is 8.70. The Morgan fingerprint density at radius 2 is 2.07 bits per heavy atom. The first-order valence-electron chi connectivity index (χ1n) is 4.40. The summed E-state index contributed by atoms with van der Waals surface area (Å²) in [5.41, 5.74) is 0.741. The van der Waals surface area contributed by atoms with E-state index in [2.05, 4.69) is 10.5 Å². The molecule has 1 atom stereocenters. The van der Waals surface area contributed by atoms with Crippen molar-refractivity contribution in [1.29, 1.82) is 0 Å².